The fourth-order valence-electron chi connectivity index (χ4n) is 3.70. The van der Waals surface area contributed by atoms with Gasteiger partial charge in [-0.05, 0) is 41.7 Å². The van der Waals surface area contributed by atoms with Crippen molar-refractivity contribution in [3.63, 3.8) is 0 Å². The van der Waals surface area contributed by atoms with Crippen LogP contribution in [-0.2, 0) is 22.7 Å². The number of hydrogen-bond acceptors (Lipinski definition) is 4. The van der Waals surface area contributed by atoms with Gasteiger partial charge in [0.1, 0.15) is 0 Å². The molecular weight excluding hydrogens is 354 g/mol. The molecule has 0 aromatic heterocycles. The van der Waals surface area contributed by atoms with Gasteiger partial charge in [-0.25, -0.2) is 0 Å². The van der Waals surface area contributed by atoms with Crippen LogP contribution < -0.4 is 5.32 Å². The van der Waals surface area contributed by atoms with Crippen LogP contribution in [0.4, 0.5) is 5.69 Å². The molecule has 1 saturated heterocycles. The summed E-state index contributed by atoms with van der Waals surface area (Å²) in [6, 6.07) is 15.4. The molecule has 0 spiro atoms. The normalized spacial score (nSPS) is 16.6. The first-order valence-corrected chi connectivity index (χ1v) is 9.47. The maximum Gasteiger partial charge on any atom is 0.313 e. The summed E-state index contributed by atoms with van der Waals surface area (Å²) in [5.74, 6) is -1.14. The summed E-state index contributed by atoms with van der Waals surface area (Å²) in [5, 5.41) is 15.1. The van der Waals surface area contributed by atoms with Crippen LogP contribution in [0.15, 0.2) is 54.1 Å². The summed E-state index contributed by atoms with van der Waals surface area (Å²) in [6.07, 6.45) is 3.70. The smallest absolute Gasteiger partial charge is 0.313 e. The lowest BCUT2D eigenvalue weighted by molar-refractivity contribution is -0.143. The van der Waals surface area contributed by atoms with Crippen LogP contribution in [0.1, 0.15) is 29.5 Å². The number of rotatable bonds is 2. The zero-order valence-corrected chi connectivity index (χ0v) is 15.6. The molecule has 2 heterocycles. The highest BCUT2D eigenvalue weighted by atomic mass is 16.5. The molecule has 4 rings (SSSR count). The number of anilines is 1. The number of piperidine rings is 1. The summed E-state index contributed by atoms with van der Waals surface area (Å²) in [4.78, 5) is 26.5. The molecular formula is C22H22N3O3-. The van der Waals surface area contributed by atoms with Crippen molar-refractivity contribution in [2.75, 3.05) is 18.4 Å². The van der Waals surface area contributed by atoms with Crippen molar-refractivity contribution >= 4 is 23.6 Å². The molecule has 28 heavy (non-hydrogen) atoms. The second kappa shape index (κ2) is 7.96. The van der Waals surface area contributed by atoms with Crippen molar-refractivity contribution in [1.82, 2.24) is 9.96 Å². The standard InChI is InChI=1S/C22H22N3O3/c26-21(23-20-7-6-18-14-25(28)15-19(18)13-20)22(27)24-10-8-17(9-11-24)12-16-4-2-1-3-5-16/h1-7,12-13H,8-11,14-15H2,(H,23,26)/q-1. The summed E-state index contributed by atoms with van der Waals surface area (Å²) in [7, 11) is 0. The van der Waals surface area contributed by atoms with E-state index in [1.54, 1.807) is 17.0 Å². The van der Waals surface area contributed by atoms with Crippen LogP contribution in [0.2, 0.25) is 0 Å². The molecule has 2 aromatic rings. The first-order valence-electron chi connectivity index (χ1n) is 9.47. The third kappa shape index (κ3) is 4.13. The van der Waals surface area contributed by atoms with Gasteiger partial charge >= 0.3 is 11.8 Å². The average Bonchev–Trinajstić information content (AvgIpc) is 3.08. The Kier molecular flexibility index (Phi) is 5.23. The molecule has 144 valence electrons. The van der Waals surface area contributed by atoms with Crippen LogP contribution in [0.25, 0.3) is 6.08 Å². The van der Waals surface area contributed by atoms with Gasteiger partial charge < -0.3 is 20.5 Å². The maximum atomic E-state index is 12.5. The van der Waals surface area contributed by atoms with Gasteiger partial charge in [-0.3, -0.25) is 9.59 Å². The van der Waals surface area contributed by atoms with Gasteiger partial charge in [-0.2, -0.15) is 0 Å². The van der Waals surface area contributed by atoms with E-state index in [4.69, 9.17) is 0 Å². The fraction of sp³-hybridized carbons (Fsp3) is 0.273. The molecule has 0 radical (unpaired) electrons. The number of carbonyl (C=O) groups is 2. The van der Waals surface area contributed by atoms with E-state index >= 15 is 0 Å². The minimum Gasteiger partial charge on any atom is -0.785 e. The fourth-order valence-corrected chi connectivity index (χ4v) is 3.70. The van der Waals surface area contributed by atoms with Gasteiger partial charge in [0.15, 0.2) is 0 Å². The first kappa shape index (κ1) is 18.4. The molecule has 1 fully saturated rings. The number of nitrogens with zero attached hydrogens (tertiary/aromatic N) is 2. The van der Waals surface area contributed by atoms with Crippen molar-refractivity contribution in [3.8, 4) is 0 Å². The van der Waals surface area contributed by atoms with Gasteiger partial charge in [-0.15, -0.1) is 0 Å². The lowest BCUT2D eigenvalue weighted by Gasteiger charge is -2.28. The second-order valence-corrected chi connectivity index (χ2v) is 7.24. The number of amides is 2. The summed E-state index contributed by atoms with van der Waals surface area (Å²) in [6.45, 7) is 1.77. The van der Waals surface area contributed by atoms with Crippen molar-refractivity contribution in [2.45, 2.75) is 25.9 Å². The SMILES string of the molecule is O=C(Nc1ccc2c(c1)CN([O-])C2)C(=O)N1CCC(=Cc2ccccc2)CC1. The Labute approximate surface area is 164 Å². The second-order valence-electron chi connectivity index (χ2n) is 7.24. The Balaban J connectivity index is 1.33. The van der Waals surface area contributed by atoms with E-state index in [9.17, 15) is 14.8 Å². The predicted octanol–water partition coefficient (Wildman–Crippen LogP) is 3.14. The van der Waals surface area contributed by atoms with Crippen LogP contribution in [0.5, 0.6) is 0 Å². The van der Waals surface area contributed by atoms with Crippen molar-refractivity contribution < 1.29 is 9.59 Å². The lowest BCUT2D eigenvalue weighted by Crippen LogP contribution is -2.42. The molecule has 6 nitrogen and oxygen atoms in total. The average molecular weight is 376 g/mol. The molecule has 2 amide bonds. The quantitative estimate of drug-likeness (QED) is 0.817. The Morgan fingerprint density at radius 1 is 0.964 bits per heavy atom. The molecule has 0 atom stereocenters. The number of carbonyl (C=O) groups excluding carboxylic acids is 2. The van der Waals surface area contributed by atoms with Gasteiger partial charge in [0.25, 0.3) is 0 Å². The van der Waals surface area contributed by atoms with E-state index < -0.39 is 11.8 Å². The largest absolute Gasteiger partial charge is 0.785 e. The van der Waals surface area contributed by atoms with Crippen LogP contribution in [0, 0.1) is 5.21 Å². The van der Waals surface area contributed by atoms with Gasteiger partial charge in [0.2, 0.25) is 0 Å². The Morgan fingerprint density at radius 2 is 1.68 bits per heavy atom. The molecule has 1 N–H and O–H groups in total. The number of hydroxylamine groups is 2. The van der Waals surface area contributed by atoms with E-state index in [0.29, 0.717) is 31.9 Å². The molecule has 0 unspecified atom stereocenters. The van der Waals surface area contributed by atoms with Crippen LogP contribution in [-0.4, -0.2) is 34.9 Å². The number of fused-ring (bicyclic) bond motifs is 1. The predicted molar refractivity (Wildman–Crippen MR) is 108 cm³/mol. The molecule has 0 aliphatic carbocycles. The molecule has 0 saturated carbocycles. The zero-order chi connectivity index (χ0) is 19.5. The van der Waals surface area contributed by atoms with Crippen molar-refractivity contribution in [2.24, 2.45) is 0 Å². The lowest BCUT2D eigenvalue weighted by atomic mass is 10.0. The minimum absolute atomic E-state index is 0.315. The Bertz CT molecular complexity index is 914. The Morgan fingerprint density at radius 3 is 2.43 bits per heavy atom. The number of benzene rings is 2. The molecule has 6 heteroatoms. The minimum atomic E-state index is -0.632. The monoisotopic (exact) mass is 376 g/mol. The zero-order valence-electron chi connectivity index (χ0n) is 15.6. The highest BCUT2D eigenvalue weighted by Gasteiger charge is 2.25. The molecule has 2 aliphatic rings. The summed E-state index contributed by atoms with van der Waals surface area (Å²) < 4.78 is 0. The van der Waals surface area contributed by atoms with E-state index in [2.05, 4.69) is 23.5 Å². The highest BCUT2D eigenvalue weighted by molar-refractivity contribution is 6.39. The first-order chi connectivity index (χ1) is 13.6. The third-order valence-electron chi connectivity index (χ3n) is 5.22. The van der Waals surface area contributed by atoms with Crippen LogP contribution >= 0.6 is 0 Å². The molecule has 2 aliphatic heterocycles. The van der Waals surface area contributed by atoms with E-state index in [0.717, 1.165) is 34.6 Å². The van der Waals surface area contributed by atoms with Crippen molar-refractivity contribution in [3.05, 3.63) is 76.0 Å². The summed E-state index contributed by atoms with van der Waals surface area (Å²) >= 11 is 0. The van der Waals surface area contributed by atoms with Gasteiger partial charge in [0, 0.05) is 31.9 Å². The van der Waals surface area contributed by atoms with Gasteiger partial charge in [-0.1, -0.05) is 48.0 Å². The Hall–Kier alpha value is -2.96. The number of nitrogens with one attached hydrogen (secondary N) is 1. The molecule has 2 aromatic carbocycles. The van der Waals surface area contributed by atoms with Crippen molar-refractivity contribution in [1.29, 1.82) is 0 Å². The van der Waals surface area contributed by atoms with E-state index in [-0.39, 0.29) is 0 Å². The summed E-state index contributed by atoms with van der Waals surface area (Å²) in [5.41, 5.74) is 4.86. The topological polar surface area (TPSA) is 75.7 Å². The number of likely N-dealkylation sites (tertiary alicyclic amines) is 1. The highest BCUT2D eigenvalue weighted by Crippen LogP contribution is 2.25. The molecule has 0 bridgehead atoms. The van der Waals surface area contributed by atoms with E-state index in [1.807, 2.05) is 24.3 Å². The maximum absolute atomic E-state index is 12.5. The third-order valence-corrected chi connectivity index (χ3v) is 5.22. The number of hydrogen-bond donors (Lipinski definition) is 1. The van der Waals surface area contributed by atoms with Crippen LogP contribution in [0.3, 0.4) is 0 Å². The van der Waals surface area contributed by atoms with E-state index in [1.165, 1.54) is 5.57 Å². The van der Waals surface area contributed by atoms with Gasteiger partial charge in [0.05, 0.1) is 0 Å².